The summed E-state index contributed by atoms with van der Waals surface area (Å²) in [5, 5.41) is 0. The van der Waals surface area contributed by atoms with E-state index in [1.165, 1.54) is 16.7 Å². The Bertz CT molecular complexity index is 458. The first kappa shape index (κ1) is 14.4. The van der Waals surface area contributed by atoms with Crippen LogP contribution in [-0.4, -0.2) is 5.92 Å². The minimum atomic E-state index is -2.48. The van der Waals surface area contributed by atoms with E-state index in [1.54, 1.807) is 0 Å². The van der Waals surface area contributed by atoms with Crippen LogP contribution in [-0.2, 0) is 0 Å². The van der Waals surface area contributed by atoms with Crippen molar-refractivity contribution in [3.05, 3.63) is 34.4 Å². The molecule has 0 spiro atoms. The van der Waals surface area contributed by atoms with Gasteiger partial charge in [0, 0.05) is 18.9 Å². The fourth-order valence-corrected chi connectivity index (χ4v) is 3.02. The zero-order valence-electron chi connectivity index (χ0n) is 12.0. The Morgan fingerprint density at radius 3 is 2.16 bits per heavy atom. The largest absolute Gasteiger partial charge is 0.324 e. The molecule has 0 amide bonds. The standard InChI is InChI=1S/C16H23F2N/c1-10-8-12(3)14(9-11(10)2)15(19)13-4-6-16(17,18)7-5-13/h8-9,13,15H,4-7,19H2,1-3H3. The highest BCUT2D eigenvalue weighted by molar-refractivity contribution is 5.38. The number of halogens is 2. The predicted molar refractivity (Wildman–Crippen MR) is 74.5 cm³/mol. The topological polar surface area (TPSA) is 26.0 Å². The molecule has 3 heteroatoms. The lowest BCUT2D eigenvalue weighted by molar-refractivity contribution is -0.0483. The van der Waals surface area contributed by atoms with Crippen LogP contribution in [0.3, 0.4) is 0 Å². The van der Waals surface area contributed by atoms with Gasteiger partial charge in [-0.2, -0.15) is 0 Å². The van der Waals surface area contributed by atoms with Crippen molar-refractivity contribution in [2.75, 3.05) is 0 Å². The Kier molecular flexibility index (Phi) is 3.95. The van der Waals surface area contributed by atoms with Crippen LogP contribution in [0, 0.1) is 26.7 Å². The van der Waals surface area contributed by atoms with Crippen LogP contribution in [0.2, 0.25) is 0 Å². The van der Waals surface area contributed by atoms with Gasteiger partial charge >= 0.3 is 0 Å². The van der Waals surface area contributed by atoms with Gasteiger partial charge in [0.15, 0.2) is 0 Å². The Morgan fingerprint density at radius 2 is 1.58 bits per heavy atom. The third-order valence-electron chi connectivity index (χ3n) is 4.51. The van der Waals surface area contributed by atoms with Crippen molar-refractivity contribution in [3.8, 4) is 0 Å². The van der Waals surface area contributed by atoms with Gasteiger partial charge in [0.25, 0.3) is 0 Å². The monoisotopic (exact) mass is 267 g/mol. The van der Waals surface area contributed by atoms with Crippen molar-refractivity contribution in [2.45, 2.75) is 58.4 Å². The highest BCUT2D eigenvalue weighted by Gasteiger charge is 2.37. The molecule has 2 rings (SSSR count). The van der Waals surface area contributed by atoms with Crippen molar-refractivity contribution in [1.29, 1.82) is 0 Å². The maximum atomic E-state index is 13.2. The van der Waals surface area contributed by atoms with Gasteiger partial charge in [-0.05, 0) is 61.8 Å². The first-order valence-corrected chi connectivity index (χ1v) is 7.01. The molecule has 0 saturated heterocycles. The third-order valence-corrected chi connectivity index (χ3v) is 4.51. The smallest absolute Gasteiger partial charge is 0.248 e. The molecule has 0 heterocycles. The van der Waals surface area contributed by atoms with Crippen LogP contribution in [0.5, 0.6) is 0 Å². The van der Waals surface area contributed by atoms with Crippen molar-refractivity contribution in [2.24, 2.45) is 11.7 Å². The maximum Gasteiger partial charge on any atom is 0.248 e. The molecule has 0 aliphatic heterocycles. The highest BCUT2D eigenvalue weighted by atomic mass is 19.3. The summed E-state index contributed by atoms with van der Waals surface area (Å²) in [6, 6.07) is 4.15. The Labute approximate surface area is 114 Å². The lowest BCUT2D eigenvalue weighted by Crippen LogP contribution is -2.31. The Morgan fingerprint density at radius 1 is 1.05 bits per heavy atom. The number of rotatable bonds is 2. The van der Waals surface area contributed by atoms with Crippen LogP contribution < -0.4 is 5.73 Å². The summed E-state index contributed by atoms with van der Waals surface area (Å²) in [6.07, 6.45) is 1.02. The Balaban J connectivity index is 2.16. The molecule has 0 aromatic heterocycles. The average Bonchev–Trinajstić information content (AvgIpc) is 2.33. The molecule has 1 aliphatic carbocycles. The van der Waals surface area contributed by atoms with Gasteiger partial charge in [0.05, 0.1) is 0 Å². The molecule has 1 nitrogen and oxygen atoms in total. The number of benzene rings is 1. The van der Waals surface area contributed by atoms with Gasteiger partial charge in [-0.1, -0.05) is 12.1 Å². The molecule has 1 aliphatic rings. The second-order valence-corrected chi connectivity index (χ2v) is 6.01. The molecule has 0 radical (unpaired) electrons. The van der Waals surface area contributed by atoms with Crippen molar-refractivity contribution < 1.29 is 8.78 Å². The van der Waals surface area contributed by atoms with E-state index in [0.29, 0.717) is 12.8 Å². The molecular formula is C16H23F2N. The van der Waals surface area contributed by atoms with Crippen LogP contribution in [0.1, 0.15) is 54.0 Å². The molecule has 19 heavy (non-hydrogen) atoms. The van der Waals surface area contributed by atoms with Crippen molar-refractivity contribution >= 4 is 0 Å². The summed E-state index contributed by atoms with van der Waals surface area (Å²) < 4.78 is 26.4. The fraction of sp³-hybridized carbons (Fsp3) is 0.625. The summed E-state index contributed by atoms with van der Waals surface area (Å²) in [6.45, 7) is 6.21. The van der Waals surface area contributed by atoms with Gasteiger partial charge in [-0.3, -0.25) is 0 Å². The molecule has 1 fully saturated rings. The van der Waals surface area contributed by atoms with Gasteiger partial charge < -0.3 is 5.73 Å². The SMILES string of the molecule is Cc1cc(C)c(C(N)C2CCC(F)(F)CC2)cc1C. The van der Waals surface area contributed by atoms with E-state index in [2.05, 4.69) is 32.9 Å². The Hall–Kier alpha value is -0.960. The fourth-order valence-electron chi connectivity index (χ4n) is 3.02. The number of alkyl halides is 2. The average molecular weight is 267 g/mol. The predicted octanol–water partition coefficient (Wildman–Crippen LogP) is 4.44. The lowest BCUT2D eigenvalue weighted by atomic mass is 9.78. The normalized spacial score (nSPS) is 21.4. The summed E-state index contributed by atoms with van der Waals surface area (Å²) in [7, 11) is 0. The second kappa shape index (κ2) is 5.20. The van der Waals surface area contributed by atoms with E-state index in [0.717, 1.165) is 5.56 Å². The number of hydrogen-bond donors (Lipinski definition) is 1. The number of nitrogens with two attached hydrogens (primary N) is 1. The summed E-state index contributed by atoms with van der Waals surface area (Å²) in [4.78, 5) is 0. The van der Waals surface area contributed by atoms with Gasteiger partial charge in [-0.15, -0.1) is 0 Å². The molecular weight excluding hydrogens is 244 g/mol. The molecule has 2 N–H and O–H groups in total. The van der Waals surface area contributed by atoms with E-state index in [4.69, 9.17) is 5.73 Å². The molecule has 1 saturated carbocycles. The molecule has 1 atom stereocenters. The van der Waals surface area contributed by atoms with Gasteiger partial charge in [-0.25, -0.2) is 8.78 Å². The molecule has 0 bridgehead atoms. The minimum absolute atomic E-state index is 0.0186. The quantitative estimate of drug-likeness (QED) is 0.842. The third kappa shape index (κ3) is 3.14. The van der Waals surface area contributed by atoms with E-state index >= 15 is 0 Å². The summed E-state index contributed by atoms with van der Waals surface area (Å²) in [5.74, 6) is -2.30. The van der Waals surface area contributed by atoms with Crippen molar-refractivity contribution in [1.82, 2.24) is 0 Å². The zero-order valence-corrected chi connectivity index (χ0v) is 12.0. The van der Waals surface area contributed by atoms with Gasteiger partial charge in [0.2, 0.25) is 5.92 Å². The molecule has 1 aromatic carbocycles. The first-order chi connectivity index (χ1) is 8.80. The number of hydrogen-bond acceptors (Lipinski definition) is 1. The number of aryl methyl sites for hydroxylation is 3. The summed E-state index contributed by atoms with van der Waals surface area (Å²) in [5.41, 5.74) is 11.1. The first-order valence-electron chi connectivity index (χ1n) is 7.01. The zero-order chi connectivity index (χ0) is 14.2. The van der Waals surface area contributed by atoms with Crippen molar-refractivity contribution in [3.63, 3.8) is 0 Å². The van der Waals surface area contributed by atoms with E-state index in [1.807, 2.05) is 0 Å². The van der Waals surface area contributed by atoms with E-state index in [9.17, 15) is 8.78 Å². The lowest BCUT2D eigenvalue weighted by Gasteiger charge is -2.33. The summed E-state index contributed by atoms with van der Waals surface area (Å²) >= 11 is 0. The van der Waals surface area contributed by atoms with Crippen LogP contribution in [0.4, 0.5) is 8.78 Å². The molecule has 1 unspecified atom stereocenters. The van der Waals surface area contributed by atoms with Crippen LogP contribution in [0.15, 0.2) is 12.1 Å². The van der Waals surface area contributed by atoms with Crippen LogP contribution in [0.25, 0.3) is 0 Å². The second-order valence-electron chi connectivity index (χ2n) is 6.01. The van der Waals surface area contributed by atoms with Gasteiger partial charge in [0.1, 0.15) is 0 Å². The minimum Gasteiger partial charge on any atom is -0.324 e. The molecule has 106 valence electrons. The maximum absolute atomic E-state index is 13.2. The van der Waals surface area contributed by atoms with E-state index in [-0.39, 0.29) is 24.8 Å². The highest BCUT2D eigenvalue weighted by Crippen LogP contribution is 2.41. The molecule has 1 aromatic rings. The van der Waals surface area contributed by atoms with Crippen LogP contribution >= 0.6 is 0 Å². The van der Waals surface area contributed by atoms with E-state index < -0.39 is 5.92 Å².